The van der Waals surface area contributed by atoms with Gasteiger partial charge in [0.2, 0.25) is 5.88 Å². The normalized spacial score (nSPS) is 11.9. The van der Waals surface area contributed by atoms with E-state index in [0.29, 0.717) is 11.6 Å². The minimum absolute atomic E-state index is 0.0852. The maximum absolute atomic E-state index is 13.3. The van der Waals surface area contributed by atoms with Gasteiger partial charge in [0.25, 0.3) is 0 Å². The van der Waals surface area contributed by atoms with Crippen molar-refractivity contribution in [3.8, 4) is 5.88 Å². The van der Waals surface area contributed by atoms with Crippen LogP contribution in [0.15, 0.2) is 41.3 Å². The van der Waals surface area contributed by atoms with Crippen molar-refractivity contribution in [2.75, 3.05) is 7.11 Å². The second-order valence-corrected chi connectivity index (χ2v) is 5.56. The Hall–Kier alpha value is -2.28. The number of halogens is 1. The number of pyridine rings is 1. The van der Waals surface area contributed by atoms with Crippen molar-refractivity contribution in [3.63, 3.8) is 0 Å². The van der Waals surface area contributed by atoms with Crippen molar-refractivity contribution in [1.82, 2.24) is 4.98 Å². The third-order valence-corrected chi connectivity index (χ3v) is 4.04. The Morgan fingerprint density at radius 2 is 2.14 bits per heavy atom. The summed E-state index contributed by atoms with van der Waals surface area (Å²) in [6.45, 7) is 0. The molecule has 0 bridgehead atoms. The first kappa shape index (κ1) is 15.1. The minimum Gasteiger partial charge on any atom is -0.481 e. The number of carboxylic acid groups (broad SMARTS) is 1. The molecule has 1 aromatic carbocycles. The molecule has 0 aliphatic rings. The van der Waals surface area contributed by atoms with Crippen LogP contribution in [0.4, 0.5) is 4.39 Å². The van der Waals surface area contributed by atoms with E-state index in [1.54, 1.807) is 18.2 Å². The molecule has 1 heterocycles. The molecule has 1 N–H and O–H groups in total. The SMILES string of the molecule is COc1cccc(CS(=O)c2ccc(F)c(C(=O)O)c2)n1. The van der Waals surface area contributed by atoms with Crippen LogP contribution < -0.4 is 4.74 Å². The van der Waals surface area contributed by atoms with Gasteiger partial charge in [-0.15, -0.1) is 0 Å². The number of benzene rings is 1. The highest BCUT2D eigenvalue weighted by molar-refractivity contribution is 7.84. The van der Waals surface area contributed by atoms with Crippen LogP contribution in [0, 0.1) is 5.82 Å². The standard InChI is InChI=1S/C14H12FNO4S/c1-20-13-4-2-3-9(16-13)8-21(19)10-5-6-12(15)11(7-10)14(17)18/h2-7H,8H2,1H3,(H,17,18). The van der Waals surface area contributed by atoms with Crippen LogP contribution in [0.3, 0.4) is 0 Å². The maximum atomic E-state index is 13.3. The molecule has 2 aromatic rings. The Bertz CT molecular complexity index is 705. The first-order valence-corrected chi connectivity index (χ1v) is 7.24. The minimum atomic E-state index is -1.53. The van der Waals surface area contributed by atoms with Gasteiger partial charge in [-0.05, 0) is 24.3 Å². The molecule has 0 radical (unpaired) electrons. The fourth-order valence-electron chi connectivity index (χ4n) is 1.68. The number of hydrogen-bond acceptors (Lipinski definition) is 4. The van der Waals surface area contributed by atoms with E-state index in [-0.39, 0.29) is 10.6 Å². The van der Waals surface area contributed by atoms with E-state index in [4.69, 9.17) is 9.84 Å². The van der Waals surface area contributed by atoms with Crippen LogP contribution in [0.5, 0.6) is 5.88 Å². The molecule has 21 heavy (non-hydrogen) atoms. The van der Waals surface area contributed by atoms with E-state index < -0.39 is 28.1 Å². The van der Waals surface area contributed by atoms with E-state index in [1.807, 2.05) is 0 Å². The molecule has 0 aliphatic carbocycles. The number of aromatic nitrogens is 1. The molecular weight excluding hydrogens is 297 g/mol. The molecule has 1 aromatic heterocycles. The lowest BCUT2D eigenvalue weighted by atomic mass is 10.2. The zero-order valence-corrected chi connectivity index (χ0v) is 11.9. The predicted molar refractivity (Wildman–Crippen MR) is 74.3 cm³/mol. The van der Waals surface area contributed by atoms with Crippen LogP contribution in [-0.2, 0) is 16.6 Å². The van der Waals surface area contributed by atoms with Crippen molar-refractivity contribution in [3.05, 3.63) is 53.5 Å². The Morgan fingerprint density at radius 3 is 2.81 bits per heavy atom. The zero-order chi connectivity index (χ0) is 15.4. The molecular formula is C14H12FNO4S. The van der Waals surface area contributed by atoms with Gasteiger partial charge in [0.1, 0.15) is 5.82 Å². The van der Waals surface area contributed by atoms with E-state index in [1.165, 1.54) is 13.2 Å². The van der Waals surface area contributed by atoms with E-state index >= 15 is 0 Å². The number of carboxylic acids is 1. The van der Waals surface area contributed by atoms with Crippen molar-refractivity contribution >= 4 is 16.8 Å². The summed E-state index contributed by atoms with van der Waals surface area (Å²) in [5.41, 5.74) is 0.0355. The lowest BCUT2D eigenvalue weighted by Gasteiger charge is -2.05. The highest BCUT2D eigenvalue weighted by atomic mass is 32.2. The molecule has 0 fully saturated rings. The summed E-state index contributed by atoms with van der Waals surface area (Å²) in [6, 6.07) is 8.43. The smallest absolute Gasteiger partial charge is 0.338 e. The molecule has 0 amide bonds. The Kier molecular flexibility index (Phi) is 4.64. The molecule has 0 saturated carbocycles. The first-order chi connectivity index (χ1) is 10.0. The van der Waals surface area contributed by atoms with Gasteiger partial charge in [-0.1, -0.05) is 6.07 Å². The van der Waals surface area contributed by atoms with Crippen molar-refractivity contribution in [2.24, 2.45) is 0 Å². The average Bonchev–Trinajstić information content (AvgIpc) is 2.47. The number of aromatic carboxylic acids is 1. The lowest BCUT2D eigenvalue weighted by Crippen LogP contribution is -2.04. The molecule has 0 aliphatic heterocycles. The number of nitrogens with zero attached hydrogens (tertiary/aromatic N) is 1. The predicted octanol–water partition coefficient (Wildman–Crippen LogP) is 2.24. The molecule has 5 nitrogen and oxygen atoms in total. The van der Waals surface area contributed by atoms with Crippen LogP contribution in [0.2, 0.25) is 0 Å². The van der Waals surface area contributed by atoms with Gasteiger partial charge in [0.15, 0.2) is 0 Å². The fraction of sp³-hybridized carbons (Fsp3) is 0.143. The zero-order valence-electron chi connectivity index (χ0n) is 11.1. The summed E-state index contributed by atoms with van der Waals surface area (Å²) in [5, 5.41) is 8.86. The van der Waals surface area contributed by atoms with Crippen molar-refractivity contribution < 1.29 is 23.2 Å². The van der Waals surface area contributed by atoms with Gasteiger partial charge in [-0.3, -0.25) is 4.21 Å². The summed E-state index contributed by atoms with van der Waals surface area (Å²) in [7, 11) is -0.0534. The number of rotatable bonds is 5. The largest absolute Gasteiger partial charge is 0.481 e. The third kappa shape index (κ3) is 3.63. The highest BCUT2D eigenvalue weighted by Gasteiger charge is 2.14. The van der Waals surface area contributed by atoms with Crippen LogP contribution in [0.25, 0.3) is 0 Å². The lowest BCUT2D eigenvalue weighted by molar-refractivity contribution is 0.0691. The summed E-state index contributed by atoms with van der Waals surface area (Å²) < 4.78 is 30.5. The number of methoxy groups -OCH3 is 1. The Labute approximate surface area is 122 Å². The summed E-state index contributed by atoms with van der Waals surface area (Å²) in [6.07, 6.45) is 0. The number of carbonyl (C=O) groups is 1. The summed E-state index contributed by atoms with van der Waals surface area (Å²) >= 11 is 0. The summed E-state index contributed by atoms with van der Waals surface area (Å²) in [4.78, 5) is 15.2. The highest BCUT2D eigenvalue weighted by Crippen LogP contribution is 2.17. The van der Waals surface area contributed by atoms with E-state index in [9.17, 15) is 13.4 Å². The molecule has 1 unspecified atom stereocenters. The number of hydrogen-bond donors (Lipinski definition) is 1. The van der Waals surface area contributed by atoms with Gasteiger partial charge in [0.05, 0.1) is 34.9 Å². The quantitative estimate of drug-likeness (QED) is 0.916. The average molecular weight is 309 g/mol. The van der Waals surface area contributed by atoms with E-state index in [0.717, 1.165) is 12.1 Å². The molecule has 1 atom stereocenters. The van der Waals surface area contributed by atoms with Gasteiger partial charge < -0.3 is 9.84 Å². The van der Waals surface area contributed by atoms with Crippen molar-refractivity contribution in [1.29, 1.82) is 0 Å². The monoisotopic (exact) mass is 309 g/mol. The van der Waals surface area contributed by atoms with Crippen LogP contribution in [-0.4, -0.2) is 27.4 Å². The molecule has 0 saturated heterocycles. The maximum Gasteiger partial charge on any atom is 0.338 e. The Balaban J connectivity index is 2.24. The molecule has 7 heteroatoms. The topological polar surface area (TPSA) is 76.5 Å². The number of ether oxygens (including phenoxy) is 1. The first-order valence-electron chi connectivity index (χ1n) is 5.92. The van der Waals surface area contributed by atoms with Crippen LogP contribution in [0.1, 0.15) is 16.1 Å². The Morgan fingerprint density at radius 1 is 1.38 bits per heavy atom. The van der Waals surface area contributed by atoms with Crippen LogP contribution >= 0.6 is 0 Å². The van der Waals surface area contributed by atoms with Gasteiger partial charge in [0, 0.05) is 11.0 Å². The van der Waals surface area contributed by atoms with Gasteiger partial charge in [-0.25, -0.2) is 14.2 Å². The third-order valence-electron chi connectivity index (χ3n) is 2.70. The molecule has 0 spiro atoms. The van der Waals surface area contributed by atoms with Crippen molar-refractivity contribution in [2.45, 2.75) is 10.6 Å². The second kappa shape index (κ2) is 6.45. The fourth-order valence-corrected chi connectivity index (χ4v) is 2.74. The van der Waals surface area contributed by atoms with E-state index in [2.05, 4.69) is 4.98 Å². The van der Waals surface area contributed by atoms with Gasteiger partial charge in [-0.2, -0.15) is 0 Å². The van der Waals surface area contributed by atoms with Gasteiger partial charge >= 0.3 is 5.97 Å². The molecule has 2 rings (SSSR count). The molecule has 110 valence electrons. The second-order valence-electron chi connectivity index (χ2n) is 4.11. The summed E-state index contributed by atoms with van der Waals surface area (Å²) in [5.74, 6) is -1.77.